The highest BCUT2D eigenvalue weighted by Crippen LogP contribution is 2.27. The standard InChI is InChI=1S/C14H20N2O2S/c1-5-8-16(4)19(17,18)14-10-11(6-2)9-13(15)12(14)7-3/h1,9-10H,6-8,15H2,2-4H3. The van der Waals surface area contributed by atoms with Crippen molar-refractivity contribution in [3.05, 3.63) is 23.3 Å². The lowest BCUT2D eigenvalue weighted by Crippen LogP contribution is -2.28. The molecule has 0 saturated heterocycles. The molecule has 0 radical (unpaired) electrons. The molecule has 0 unspecified atom stereocenters. The van der Waals surface area contributed by atoms with Crippen molar-refractivity contribution >= 4 is 15.7 Å². The Morgan fingerprint density at radius 2 is 1.95 bits per heavy atom. The molecule has 19 heavy (non-hydrogen) atoms. The van der Waals surface area contributed by atoms with E-state index in [2.05, 4.69) is 5.92 Å². The molecular weight excluding hydrogens is 260 g/mol. The fourth-order valence-electron chi connectivity index (χ4n) is 1.92. The molecule has 0 spiro atoms. The molecule has 0 fully saturated rings. The Labute approximate surface area is 115 Å². The molecule has 5 heteroatoms. The summed E-state index contributed by atoms with van der Waals surface area (Å²) >= 11 is 0. The van der Waals surface area contributed by atoms with Crippen LogP contribution in [0.1, 0.15) is 25.0 Å². The molecule has 0 heterocycles. The van der Waals surface area contributed by atoms with Gasteiger partial charge in [-0.2, -0.15) is 4.31 Å². The summed E-state index contributed by atoms with van der Waals surface area (Å²) in [4.78, 5) is 0.268. The maximum absolute atomic E-state index is 12.5. The number of nitrogen functional groups attached to an aromatic ring is 1. The normalized spacial score (nSPS) is 11.5. The molecule has 1 aromatic carbocycles. The Kier molecular flexibility index (Phi) is 4.98. The predicted molar refractivity (Wildman–Crippen MR) is 78.3 cm³/mol. The van der Waals surface area contributed by atoms with Gasteiger partial charge in [0.2, 0.25) is 10.0 Å². The maximum Gasteiger partial charge on any atom is 0.244 e. The van der Waals surface area contributed by atoms with Crippen molar-refractivity contribution in [1.29, 1.82) is 0 Å². The van der Waals surface area contributed by atoms with E-state index in [4.69, 9.17) is 12.2 Å². The van der Waals surface area contributed by atoms with E-state index in [1.165, 1.54) is 11.4 Å². The first-order valence-electron chi connectivity index (χ1n) is 6.19. The highest BCUT2D eigenvalue weighted by Gasteiger charge is 2.24. The van der Waals surface area contributed by atoms with E-state index in [9.17, 15) is 8.42 Å². The molecule has 1 aromatic rings. The topological polar surface area (TPSA) is 63.4 Å². The SMILES string of the molecule is C#CCN(C)S(=O)(=O)c1cc(CC)cc(N)c1CC. The molecule has 0 bridgehead atoms. The average molecular weight is 280 g/mol. The van der Waals surface area contributed by atoms with E-state index in [0.717, 1.165) is 12.0 Å². The summed E-state index contributed by atoms with van der Waals surface area (Å²) in [5.41, 5.74) is 8.04. The molecule has 0 aliphatic heterocycles. The van der Waals surface area contributed by atoms with Crippen molar-refractivity contribution < 1.29 is 8.42 Å². The Bertz CT molecular complexity index is 601. The molecule has 0 saturated carbocycles. The van der Waals surface area contributed by atoms with Gasteiger partial charge in [-0.15, -0.1) is 6.42 Å². The van der Waals surface area contributed by atoms with Crippen LogP contribution >= 0.6 is 0 Å². The number of terminal acetylenes is 1. The highest BCUT2D eigenvalue weighted by molar-refractivity contribution is 7.89. The third kappa shape index (κ3) is 3.09. The molecule has 0 atom stereocenters. The van der Waals surface area contributed by atoms with Gasteiger partial charge in [-0.1, -0.05) is 19.8 Å². The van der Waals surface area contributed by atoms with Crippen LogP contribution in [0.4, 0.5) is 5.69 Å². The van der Waals surface area contributed by atoms with Crippen molar-refractivity contribution in [1.82, 2.24) is 4.31 Å². The Morgan fingerprint density at radius 1 is 1.32 bits per heavy atom. The lowest BCUT2D eigenvalue weighted by Gasteiger charge is -2.19. The van der Waals surface area contributed by atoms with E-state index in [1.54, 1.807) is 6.07 Å². The van der Waals surface area contributed by atoms with Gasteiger partial charge in [-0.3, -0.25) is 0 Å². The Morgan fingerprint density at radius 3 is 2.42 bits per heavy atom. The monoisotopic (exact) mass is 280 g/mol. The predicted octanol–water partition coefficient (Wildman–Crippen LogP) is 1.65. The zero-order valence-electron chi connectivity index (χ0n) is 11.6. The number of nitrogens with zero attached hydrogens (tertiary/aromatic N) is 1. The van der Waals surface area contributed by atoms with Crippen LogP contribution < -0.4 is 5.73 Å². The molecule has 0 aliphatic carbocycles. The summed E-state index contributed by atoms with van der Waals surface area (Å²) < 4.78 is 26.2. The fraction of sp³-hybridized carbons (Fsp3) is 0.429. The zero-order chi connectivity index (χ0) is 14.6. The van der Waals surface area contributed by atoms with Gasteiger partial charge in [0.25, 0.3) is 0 Å². The van der Waals surface area contributed by atoms with Crippen LogP contribution in [0.25, 0.3) is 0 Å². The van der Waals surface area contributed by atoms with Crippen LogP contribution in [0.2, 0.25) is 0 Å². The third-order valence-electron chi connectivity index (χ3n) is 3.07. The lowest BCUT2D eigenvalue weighted by molar-refractivity contribution is 0.502. The first kappa shape index (κ1) is 15.5. The van der Waals surface area contributed by atoms with Crippen LogP contribution in [-0.4, -0.2) is 26.3 Å². The van der Waals surface area contributed by atoms with Gasteiger partial charge in [0.1, 0.15) is 0 Å². The molecule has 4 nitrogen and oxygen atoms in total. The molecule has 104 valence electrons. The van der Waals surface area contributed by atoms with Crippen molar-refractivity contribution in [2.45, 2.75) is 31.6 Å². The minimum Gasteiger partial charge on any atom is -0.398 e. The second-order valence-electron chi connectivity index (χ2n) is 4.33. The van der Waals surface area contributed by atoms with Gasteiger partial charge in [0.15, 0.2) is 0 Å². The summed E-state index contributed by atoms with van der Waals surface area (Å²) in [6.45, 7) is 3.89. The summed E-state index contributed by atoms with van der Waals surface area (Å²) in [6, 6.07) is 3.52. The average Bonchev–Trinajstić information content (AvgIpc) is 2.37. The smallest absolute Gasteiger partial charge is 0.244 e. The minimum atomic E-state index is -3.59. The van der Waals surface area contributed by atoms with Gasteiger partial charge in [0.05, 0.1) is 11.4 Å². The fourth-order valence-corrected chi connectivity index (χ4v) is 3.37. The van der Waals surface area contributed by atoms with Crippen LogP contribution in [0, 0.1) is 12.3 Å². The van der Waals surface area contributed by atoms with Gasteiger partial charge < -0.3 is 5.73 Å². The number of benzene rings is 1. The summed E-state index contributed by atoms with van der Waals surface area (Å²) in [5.74, 6) is 2.34. The number of nitrogens with two attached hydrogens (primary N) is 1. The Balaban J connectivity index is 3.48. The zero-order valence-corrected chi connectivity index (χ0v) is 12.4. The number of aryl methyl sites for hydroxylation is 1. The Hall–Kier alpha value is -1.51. The van der Waals surface area contributed by atoms with E-state index in [1.807, 2.05) is 19.9 Å². The second kappa shape index (κ2) is 6.09. The van der Waals surface area contributed by atoms with E-state index >= 15 is 0 Å². The van der Waals surface area contributed by atoms with Gasteiger partial charge in [-0.05, 0) is 36.1 Å². The lowest BCUT2D eigenvalue weighted by atomic mass is 10.1. The van der Waals surface area contributed by atoms with Crippen LogP contribution in [0.15, 0.2) is 17.0 Å². The van der Waals surface area contributed by atoms with Gasteiger partial charge in [-0.25, -0.2) is 8.42 Å². The highest BCUT2D eigenvalue weighted by atomic mass is 32.2. The van der Waals surface area contributed by atoms with E-state index in [-0.39, 0.29) is 11.4 Å². The second-order valence-corrected chi connectivity index (χ2v) is 6.35. The first-order valence-corrected chi connectivity index (χ1v) is 7.63. The molecule has 0 aliphatic rings. The summed E-state index contributed by atoms with van der Waals surface area (Å²) in [7, 11) is -2.11. The molecule has 2 N–H and O–H groups in total. The minimum absolute atomic E-state index is 0.0434. The largest absolute Gasteiger partial charge is 0.398 e. The number of sulfonamides is 1. The van der Waals surface area contributed by atoms with Crippen molar-refractivity contribution in [2.24, 2.45) is 0 Å². The molecular formula is C14H20N2O2S. The van der Waals surface area contributed by atoms with Gasteiger partial charge >= 0.3 is 0 Å². The van der Waals surface area contributed by atoms with Crippen LogP contribution in [0.3, 0.4) is 0 Å². The summed E-state index contributed by atoms with van der Waals surface area (Å²) in [6.07, 6.45) is 6.48. The third-order valence-corrected chi connectivity index (χ3v) is 4.94. The van der Waals surface area contributed by atoms with Crippen LogP contribution in [0.5, 0.6) is 0 Å². The quantitative estimate of drug-likeness (QED) is 0.659. The number of hydrogen-bond acceptors (Lipinski definition) is 3. The molecule has 1 rings (SSSR count). The van der Waals surface area contributed by atoms with Crippen molar-refractivity contribution in [3.63, 3.8) is 0 Å². The van der Waals surface area contributed by atoms with E-state index in [0.29, 0.717) is 17.7 Å². The van der Waals surface area contributed by atoms with Gasteiger partial charge in [0, 0.05) is 12.7 Å². The van der Waals surface area contributed by atoms with Crippen molar-refractivity contribution in [3.8, 4) is 12.3 Å². The maximum atomic E-state index is 12.5. The van der Waals surface area contributed by atoms with Crippen molar-refractivity contribution in [2.75, 3.05) is 19.3 Å². The number of anilines is 1. The van der Waals surface area contributed by atoms with E-state index < -0.39 is 10.0 Å². The number of rotatable bonds is 5. The molecule has 0 amide bonds. The molecule has 0 aromatic heterocycles. The van der Waals surface area contributed by atoms with Crippen LogP contribution in [-0.2, 0) is 22.9 Å². The summed E-state index contributed by atoms with van der Waals surface area (Å²) in [5, 5.41) is 0. The first-order chi connectivity index (χ1) is 8.88. The number of hydrogen-bond donors (Lipinski definition) is 1.